The lowest BCUT2D eigenvalue weighted by atomic mass is 10.2. The number of ether oxygens (including phenoxy) is 1. The van der Waals surface area contributed by atoms with E-state index in [-0.39, 0.29) is 12.5 Å². The van der Waals surface area contributed by atoms with Crippen LogP contribution in [0.5, 0.6) is 0 Å². The number of rotatable bonds is 8. The van der Waals surface area contributed by atoms with E-state index in [1.807, 2.05) is 37.3 Å². The van der Waals surface area contributed by atoms with Gasteiger partial charge in [0.2, 0.25) is 5.91 Å². The Morgan fingerprint density at radius 2 is 2.03 bits per heavy atom. The summed E-state index contributed by atoms with van der Waals surface area (Å²) in [6.45, 7) is 4.62. The molecule has 8 heteroatoms. The maximum Gasteiger partial charge on any atom is 0.341 e. The number of esters is 1. The topological polar surface area (TPSA) is 86.1 Å². The summed E-state index contributed by atoms with van der Waals surface area (Å²) < 4.78 is 6.77. The molecule has 0 saturated heterocycles. The Morgan fingerprint density at radius 1 is 1.24 bits per heavy atom. The van der Waals surface area contributed by atoms with Crippen LogP contribution in [0.3, 0.4) is 0 Å². The first-order valence-corrected chi connectivity index (χ1v) is 10.1. The minimum absolute atomic E-state index is 0.280. The van der Waals surface area contributed by atoms with Crippen molar-refractivity contribution in [2.45, 2.75) is 26.8 Å². The lowest BCUT2D eigenvalue weighted by Crippen LogP contribution is -2.11. The van der Waals surface area contributed by atoms with Crippen LogP contribution >= 0.6 is 11.3 Å². The Kier molecular flexibility index (Phi) is 6.91. The lowest BCUT2D eigenvalue weighted by Gasteiger charge is -2.03. The first-order valence-electron chi connectivity index (χ1n) is 9.32. The molecular formula is C21H22N4O3S. The Bertz CT molecular complexity index is 1010. The largest absolute Gasteiger partial charge is 0.462 e. The van der Waals surface area contributed by atoms with Gasteiger partial charge >= 0.3 is 5.97 Å². The van der Waals surface area contributed by atoms with Crippen molar-refractivity contribution in [3.8, 4) is 0 Å². The third-order valence-corrected chi connectivity index (χ3v) is 5.21. The van der Waals surface area contributed by atoms with Crippen LogP contribution < -0.4 is 5.32 Å². The monoisotopic (exact) mass is 410 g/mol. The maximum atomic E-state index is 12.3. The molecule has 1 N–H and O–H groups in total. The molecule has 0 fully saturated rings. The van der Waals surface area contributed by atoms with Gasteiger partial charge in [0, 0.05) is 11.0 Å². The number of anilines is 1. The van der Waals surface area contributed by atoms with E-state index < -0.39 is 5.97 Å². The number of hydrogen-bond donors (Lipinski definition) is 1. The number of nitrogens with one attached hydrogen (secondary N) is 1. The molecular weight excluding hydrogens is 388 g/mol. The smallest absolute Gasteiger partial charge is 0.341 e. The van der Waals surface area contributed by atoms with Crippen molar-refractivity contribution in [1.82, 2.24) is 15.0 Å². The first-order chi connectivity index (χ1) is 14.1. The molecule has 0 bridgehead atoms. The number of benzene rings is 1. The summed E-state index contributed by atoms with van der Waals surface area (Å²) in [6, 6.07) is 11.7. The second-order valence-corrected chi connectivity index (χ2v) is 7.32. The average molecular weight is 410 g/mol. The molecule has 7 nitrogen and oxygen atoms in total. The fourth-order valence-corrected chi connectivity index (χ4v) is 3.61. The van der Waals surface area contributed by atoms with Gasteiger partial charge in [-0.05, 0) is 31.1 Å². The van der Waals surface area contributed by atoms with E-state index in [4.69, 9.17) is 4.74 Å². The van der Waals surface area contributed by atoms with E-state index in [0.29, 0.717) is 22.8 Å². The number of amides is 1. The van der Waals surface area contributed by atoms with E-state index in [1.54, 1.807) is 29.9 Å². The zero-order valence-corrected chi connectivity index (χ0v) is 17.1. The van der Waals surface area contributed by atoms with Crippen LogP contribution in [0, 0.1) is 0 Å². The molecule has 0 aliphatic rings. The van der Waals surface area contributed by atoms with Gasteiger partial charge in [0.15, 0.2) is 0 Å². The molecule has 0 spiro atoms. The summed E-state index contributed by atoms with van der Waals surface area (Å²) in [5.74, 6) is -0.788. The number of aromatic nitrogens is 3. The van der Waals surface area contributed by atoms with E-state index in [9.17, 15) is 9.59 Å². The quantitative estimate of drug-likeness (QED) is 0.451. The van der Waals surface area contributed by atoms with Gasteiger partial charge in [0.05, 0.1) is 24.9 Å². The van der Waals surface area contributed by atoms with E-state index in [0.717, 1.165) is 16.9 Å². The van der Waals surface area contributed by atoms with Crippen molar-refractivity contribution in [2.75, 3.05) is 11.9 Å². The van der Waals surface area contributed by atoms with Gasteiger partial charge in [-0.25, -0.2) is 9.48 Å². The fourth-order valence-electron chi connectivity index (χ4n) is 2.62. The highest BCUT2D eigenvalue weighted by atomic mass is 32.1. The van der Waals surface area contributed by atoms with Crippen LogP contribution in [0.2, 0.25) is 0 Å². The van der Waals surface area contributed by atoms with Gasteiger partial charge < -0.3 is 10.1 Å². The second-order valence-electron chi connectivity index (χ2n) is 6.18. The SMILES string of the molecule is CCOC(=O)c1cc(CC)sc1NC(=O)/C=C/c1cn(Cc2ccccc2)nn1. The second kappa shape index (κ2) is 9.79. The Balaban J connectivity index is 1.64. The normalized spacial score (nSPS) is 11.0. The van der Waals surface area contributed by atoms with Crippen molar-refractivity contribution < 1.29 is 14.3 Å². The Labute approximate surface area is 173 Å². The average Bonchev–Trinajstić information content (AvgIpc) is 3.34. The summed E-state index contributed by atoms with van der Waals surface area (Å²) in [4.78, 5) is 25.4. The molecule has 0 saturated carbocycles. The summed E-state index contributed by atoms with van der Waals surface area (Å²) in [6.07, 6.45) is 5.49. The number of aryl methyl sites for hydroxylation is 1. The van der Waals surface area contributed by atoms with Crippen molar-refractivity contribution in [3.63, 3.8) is 0 Å². The molecule has 0 atom stereocenters. The maximum absolute atomic E-state index is 12.3. The summed E-state index contributed by atoms with van der Waals surface area (Å²) >= 11 is 1.37. The Hall–Kier alpha value is -3.26. The fraction of sp³-hybridized carbons (Fsp3) is 0.238. The highest BCUT2D eigenvalue weighted by Gasteiger charge is 2.18. The molecule has 0 unspecified atom stereocenters. The molecule has 29 heavy (non-hydrogen) atoms. The van der Waals surface area contributed by atoms with Gasteiger partial charge in [0.25, 0.3) is 0 Å². The van der Waals surface area contributed by atoms with Crippen molar-refractivity contribution in [2.24, 2.45) is 0 Å². The summed E-state index contributed by atoms with van der Waals surface area (Å²) in [5, 5.41) is 11.4. The van der Waals surface area contributed by atoms with Crippen LogP contribution in [0.4, 0.5) is 5.00 Å². The van der Waals surface area contributed by atoms with Gasteiger partial charge in [-0.2, -0.15) is 0 Å². The molecule has 1 amide bonds. The van der Waals surface area contributed by atoms with Crippen molar-refractivity contribution in [3.05, 3.63) is 70.4 Å². The molecule has 0 aliphatic heterocycles. The lowest BCUT2D eigenvalue weighted by molar-refractivity contribution is -0.111. The van der Waals surface area contributed by atoms with E-state index in [1.165, 1.54) is 17.4 Å². The molecule has 1 aromatic carbocycles. The first kappa shape index (κ1) is 20.5. The summed E-state index contributed by atoms with van der Waals surface area (Å²) in [5.41, 5.74) is 2.06. The standard InChI is InChI=1S/C21H22N4O3S/c1-3-17-12-18(21(27)28-4-2)20(29-17)22-19(26)11-10-16-14-25(24-23-16)13-15-8-6-5-7-9-15/h5-12,14H,3-4,13H2,1-2H3,(H,22,26)/b11-10+. The number of hydrogen-bond acceptors (Lipinski definition) is 6. The zero-order chi connectivity index (χ0) is 20.6. The minimum atomic E-state index is -0.438. The summed E-state index contributed by atoms with van der Waals surface area (Å²) in [7, 11) is 0. The van der Waals surface area contributed by atoms with Crippen molar-refractivity contribution >= 4 is 34.3 Å². The van der Waals surface area contributed by atoms with Crippen molar-refractivity contribution in [1.29, 1.82) is 0 Å². The van der Waals surface area contributed by atoms with Gasteiger partial charge in [-0.1, -0.05) is 42.5 Å². The number of carbonyl (C=O) groups is 2. The van der Waals surface area contributed by atoms with Crippen LogP contribution in [-0.2, 0) is 22.5 Å². The molecule has 150 valence electrons. The predicted molar refractivity (Wildman–Crippen MR) is 113 cm³/mol. The number of carbonyl (C=O) groups excluding carboxylic acids is 2. The zero-order valence-electron chi connectivity index (χ0n) is 16.3. The minimum Gasteiger partial charge on any atom is -0.462 e. The highest BCUT2D eigenvalue weighted by molar-refractivity contribution is 7.16. The third kappa shape index (κ3) is 5.61. The van der Waals surface area contributed by atoms with E-state index in [2.05, 4.69) is 15.6 Å². The van der Waals surface area contributed by atoms with Gasteiger partial charge in [-0.3, -0.25) is 4.79 Å². The van der Waals surface area contributed by atoms with Gasteiger partial charge in [0.1, 0.15) is 10.7 Å². The number of thiophene rings is 1. The van der Waals surface area contributed by atoms with Crippen LogP contribution in [-0.4, -0.2) is 33.5 Å². The molecule has 0 radical (unpaired) electrons. The highest BCUT2D eigenvalue weighted by Crippen LogP contribution is 2.29. The molecule has 0 aliphatic carbocycles. The molecule has 2 aromatic heterocycles. The number of nitrogens with zero attached hydrogens (tertiary/aromatic N) is 3. The Morgan fingerprint density at radius 3 is 2.76 bits per heavy atom. The molecule has 3 rings (SSSR count). The van der Waals surface area contributed by atoms with E-state index >= 15 is 0 Å². The molecule has 2 heterocycles. The molecule has 3 aromatic rings. The predicted octanol–water partition coefficient (Wildman–Crippen LogP) is 3.78. The van der Waals surface area contributed by atoms with Crippen LogP contribution in [0.1, 0.15) is 40.3 Å². The third-order valence-electron chi connectivity index (χ3n) is 4.01. The van der Waals surface area contributed by atoms with Crippen LogP contribution in [0.15, 0.2) is 48.7 Å². The van der Waals surface area contributed by atoms with Gasteiger partial charge in [-0.15, -0.1) is 16.4 Å². The van der Waals surface area contributed by atoms with Crippen LogP contribution in [0.25, 0.3) is 6.08 Å².